The van der Waals surface area contributed by atoms with Gasteiger partial charge in [0.2, 0.25) is 0 Å². The SMILES string of the molecule is CCCc1ccc(C2=CCC(CC)=C2)cc1. The number of hydrogen-bond donors (Lipinski definition) is 0. The van der Waals surface area contributed by atoms with E-state index >= 15 is 0 Å². The molecule has 0 unspecified atom stereocenters. The minimum Gasteiger partial charge on any atom is -0.0726 e. The Morgan fingerprint density at radius 1 is 1.06 bits per heavy atom. The van der Waals surface area contributed by atoms with Crippen LogP contribution >= 0.6 is 0 Å². The van der Waals surface area contributed by atoms with Gasteiger partial charge in [-0.25, -0.2) is 0 Å². The molecule has 1 aliphatic rings. The van der Waals surface area contributed by atoms with Crippen LogP contribution in [0.1, 0.15) is 44.2 Å². The van der Waals surface area contributed by atoms with Crippen LogP contribution in [0.25, 0.3) is 5.57 Å². The molecule has 0 spiro atoms. The average Bonchev–Trinajstić information content (AvgIpc) is 2.79. The van der Waals surface area contributed by atoms with Gasteiger partial charge in [0.05, 0.1) is 0 Å². The number of benzene rings is 1. The summed E-state index contributed by atoms with van der Waals surface area (Å²) < 4.78 is 0. The molecule has 0 atom stereocenters. The first-order valence-corrected chi connectivity index (χ1v) is 6.32. The molecule has 1 aromatic carbocycles. The van der Waals surface area contributed by atoms with Crippen molar-refractivity contribution in [2.24, 2.45) is 0 Å². The van der Waals surface area contributed by atoms with Crippen molar-refractivity contribution in [1.29, 1.82) is 0 Å². The van der Waals surface area contributed by atoms with Crippen molar-refractivity contribution in [1.82, 2.24) is 0 Å². The molecule has 16 heavy (non-hydrogen) atoms. The monoisotopic (exact) mass is 212 g/mol. The van der Waals surface area contributed by atoms with Gasteiger partial charge >= 0.3 is 0 Å². The molecule has 0 aliphatic heterocycles. The molecule has 1 aromatic rings. The predicted octanol–water partition coefficient (Wildman–Crippen LogP) is 4.76. The first-order valence-electron chi connectivity index (χ1n) is 6.32. The van der Waals surface area contributed by atoms with Crippen LogP contribution in [0.15, 0.2) is 42.0 Å². The zero-order chi connectivity index (χ0) is 11.4. The molecule has 0 radical (unpaired) electrons. The Hall–Kier alpha value is -1.30. The number of hydrogen-bond acceptors (Lipinski definition) is 0. The van der Waals surface area contributed by atoms with Crippen LogP contribution in [0.4, 0.5) is 0 Å². The van der Waals surface area contributed by atoms with Crippen LogP contribution in [-0.2, 0) is 6.42 Å². The van der Waals surface area contributed by atoms with E-state index in [0.717, 1.165) is 6.42 Å². The van der Waals surface area contributed by atoms with Crippen molar-refractivity contribution < 1.29 is 0 Å². The van der Waals surface area contributed by atoms with Gasteiger partial charge < -0.3 is 0 Å². The van der Waals surface area contributed by atoms with Crippen molar-refractivity contribution in [2.45, 2.75) is 39.5 Å². The lowest BCUT2D eigenvalue weighted by molar-refractivity contribution is 0.922. The zero-order valence-corrected chi connectivity index (χ0v) is 10.3. The lowest BCUT2D eigenvalue weighted by Crippen LogP contribution is -1.84. The van der Waals surface area contributed by atoms with E-state index in [1.54, 1.807) is 5.57 Å². The van der Waals surface area contributed by atoms with E-state index < -0.39 is 0 Å². The van der Waals surface area contributed by atoms with E-state index in [4.69, 9.17) is 0 Å². The quantitative estimate of drug-likeness (QED) is 0.675. The summed E-state index contributed by atoms with van der Waals surface area (Å²) >= 11 is 0. The van der Waals surface area contributed by atoms with Crippen molar-refractivity contribution in [3.05, 3.63) is 53.1 Å². The summed E-state index contributed by atoms with van der Waals surface area (Å²) in [4.78, 5) is 0. The molecule has 0 bridgehead atoms. The fourth-order valence-corrected chi connectivity index (χ4v) is 2.18. The Morgan fingerprint density at radius 2 is 1.81 bits per heavy atom. The first kappa shape index (κ1) is 11.2. The Balaban J connectivity index is 2.14. The molecule has 1 aliphatic carbocycles. The summed E-state index contributed by atoms with van der Waals surface area (Å²) in [6, 6.07) is 9.03. The fourth-order valence-electron chi connectivity index (χ4n) is 2.18. The zero-order valence-electron chi connectivity index (χ0n) is 10.3. The summed E-state index contributed by atoms with van der Waals surface area (Å²) in [5.41, 5.74) is 5.76. The molecular weight excluding hydrogens is 192 g/mol. The first-order chi connectivity index (χ1) is 7.83. The van der Waals surface area contributed by atoms with Gasteiger partial charge in [0.15, 0.2) is 0 Å². The molecule has 0 amide bonds. The van der Waals surface area contributed by atoms with Crippen LogP contribution in [0.5, 0.6) is 0 Å². The second-order valence-electron chi connectivity index (χ2n) is 4.47. The molecule has 0 heteroatoms. The summed E-state index contributed by atoms with van der Waals surface area (Å²) in [6.45, 7) is 4.45. The molecule has 0 fully saturated rings. The topological polar surface area (TPSA) is 0 Å². The third-order valence-electron chi connectivity index (χ3n) is 3.22. The summed E-state index contributed by atoms with van der Waals surface area (Å²) in [6.07, 6.45) is 9.41. The largest absolute Gasteiger partial charge is 0.0726 e. The molecule has 0 heterocycles. The molecule has 0 aromatic heterocycles. The van der Waals surface area contributed by atoms with Gasteiger partial charge in [-0.3, -0.25) is 0 Å². The molecule has 2 rings (SSSR count). The Kier molecular flexibility index (Phi) is 3.61. The maximum Gasteiger partial charge on any atom is -0.0126 e. The molecule has 0 nitrogen and oxygen atoms in total. The van der Waals surface area contributed by atoms with E-state index in [-0.39, 0.29) is 0 Å². The van der Waals surface area contributed by atoms with Gasteiger partial charge in [-0.2, -0.15) is 0 Å². The third-order valence-corrected chi connectivity index (χ3v) is 3.22. The molecule has 84 valence electrons. The maximum atomic E-state index is 2.34. The van der Waals surface area contributed by atoms with Crippen molar-refractivity contribution in [3.63, 3.8) is 0 Å². The van der Waals surface area contributed by atoms with Gasteiger partial charge in [-0.15, -0.1) is 0 Å². The highest BCUT2D eigenvalue weighted by Crippen LogP contribution is 2.27. The van der Waals surface area contributed by atoms with Crippen LogP contribution in [0, 0.1) is 0 Å². The number of aryl methyl sites for hydroxylation is 1. The fraction of sp³-hybridized carbons (Fsp3) is 0.375. The number of allylic oxidation sites excluding steroid dienone is 4. The minimum absolute atomic E-state index is 1.14. The summed E-state index contributed by atoms with van der Waals surface area (Å²) in [5.74, 6) is 0. The van der Waals surface area contributed by atoms with Gasteiger partial charge in [0.25, 0.3) is 0 Å². The third kappa shape index (κ3) is 2.44. The Labute approximate surface area is 98.7 Å². The van der Waals surface area contributed by atoms with Gasteiger partial charge in [-0.1, -0.05) is 62.3 Å². The highest BCUT2D eigenvalue weighted by molar-refractivity contribution is 5.77. The second-order valence-corrected chi connectivity index (χ2v) is 4.47. The smallest absolute Gasteiger partial charge is 0.0126 e. The number of rotatable bonds is 4. The molecule has 0 N–H and O–H groups in total. The highest BCUT2D eigenvalue weighted by atomic mass is 14.1. The normalized spacial score (nSPS) is 14.9. The second kappa shape index (κ2) is 5.16. The Bertz CT molecular complexity index is 404. The van der Waals surface area contributed by atoms with Gasteiger partial charge in [0.1, 0.15) is 0 Å². The Morgan fingerprint density at radius 3 is 2.38 bits per heavy atom. The van der Waals surface area contributed by atoms with Gasteiger partial charge in [0, 0.05) is 0 Å². The standard InChI is InChI=1S/C16H20/c1-3-5-14-7-9-15(10-8-14)16-11-6-13(4-2)12-16/h7-12H,3-6H2,1-2H3. The lowest BCUT2D eigenvalue weighted by atomic mass is 10.0. The molecule has 0 saturated carbocycles. The van der Waals surface area contributed by atoms with Crippen LogP contribution in [-0.4, -0.2) is 0 Å². The summed E-state index contributed by atoms with van der Waals surface area (Å²) in [7, 11) is 0. The van der Waals surface area contributed by atoms with E-state index in [2.05, 4.69) is 50.3 Å². The van der Waals surface area contributed by atoms with Crippen molar-refractivity contribution in [2.75, 3.05) is 0 Å². The van der Waals surface area contributed by atoms with Crippen molar-refractivity contribution >= 4 is 5.57 Å². The summed E-state index contributed by atoms with van der Waals surface area (Å²) in [5, 5.41) is 0. The highest BCUT2D eigenvalue weighted by Gasteiger charge is 2.06. The van der Waals surface area contributed by atoms with E-state index in [1.807, 2.05) is 0 Å². The maximum absolute atomic E-state index is 2.34. The van der Waals surface area contributed by atoms with E-state index in [1.165, 1.54) is 36.0 Å². The van der Waals surface area contributed by atoms with E-state index in [9.17, 15) is 0 Å². The predicted molar refractivity (Wildman–Crippen MR) is 71.4 cm³/mol. The van der Waals surface area contributed by atoms with Crippen LogP contribution in [0.2, 0.25) is 0 Å². The van der Waals surface area contributed by atoms with E-state index in [0.29, 0.717) is 0 Å². The average molecular weight is 212 g/mol. The van der Waals surface area contributed by atoms with Gasteiger partial charge in [-0.05, 0) is 36.0 Å². The minimum atomic E-state index is 1.14. The molecule has 0 saturated heterocycles. The van der Waals surface area contributed by atoms with Crippen LogP contribution in [0.3, 0.4) is 0 Å². The lowest BCUT2D eigenvalue weighted by Gasteiger charge is -2.02. The van der Waals surface area contributed by atoms with Crippen molar-refractivity contribution in [3.8, 4) is 0 Å². The molecular formula is C16H20. The van der Waals surface area contributed by atoms with Crippen LogP contribution < -0.4 is 0 Å².